The first kappa shape index (κ1) is 20.1. The summed E-state index contributed by atoms with van der Waals surface area (Å²) in [6.07, 6.45) is 0.485. The van der Waals surface area contributed by atoms with Crippen molar-refractivity contribution in [3.05, 3.63) is 0 Å². The third-order valence-electron chi connectivity index (χ3n) is 3.55. The fourth-order valence-electron chi connectivity index (χ4n) is 1.28. The second-order valence-corrected chi connectivity index (χ2v) is 12.6. The number of rotatable bonds is 6. The minimum absolute atomic E-state index is 0.0879. The highest BCUT2D eigenvalue weighted by molar-refractivity contribution is 6.74. The summed E-state index contributed by atoms with van der Waals surface area (Å²) in [7, 11) is -1.90. The number of ether oxygens (including phenoxy) is 1. The zero-order chi connectivity index (χ0) is 16.9. The number of hydrogen-bond donors (Lipinski definition) is 1. The number of nitrogens with one attached hydrogen (secondary N) is 1. The van der Waals surface area contributed by atoms with Crippen LogP contribution in [0.3, 0.4) is 0 Å². The van der Waals surface area contributed by atoms with Crippen molar-refractivity contribution in [2.24, 2.45) is 0 Å². The van der Waals surface area contributed by atoms with Gasteiger partial charge in [0.1, 0.15) is 11.9 Å². The van der Waals surface area contributed by atoms with Gasteiger partial charge < -0.3 is 19.3 Å². The lowest BCUT2D eigenvalue weighted by atomic mass is 10.2. The zero-order valence-electron chi connectivity index (χ0n) is 14.7. The minimum Gasteiger partial charge on any atom is -0.444 e. The van der Waals surface area contributed by atoms with E-state index in [9.17, 15) is 9.59 Å². The van der Waals surface area contributed by atoms with E-state index in [0.717, 1.165) is 6.29 Å². The van der Waals surface area contributed by atoms with E-state index in [-0.39, 0.29) is 17.5 Å². The van der Waals surface area contributed by atoms with Gasteiger partial charge in [0, 0.05) is 6.42 Å². The molecule has 0 rings (SSSR count). The fraction of sp³-hybridized carbons (Fsp3) is 0.867. The zero-order valence-corrected chi connectivity index (χ0v) is 15.7. The average molecular weight is 318 g/mol. The number of carbonyl (C=O) groups is 2. The number of alkyl carbamates (subject to hydrolysis) is 1. The van der Waals surface area contributed by atoms with Crippen molar-refractivity contribution in [3.63, 3.8) is 0 Å². The summed E-state index contributed by atoms with van der Waals surface area (Å²) in [6.45, 7) is 16.4. The van der Waals surface area contributed by atoms with Crippen LogP contribution in [0.5, 0.6) is 0 Å². The molecule has 0 saturated heterocycles. The lowest BCUT2D eigenvalue weighted by Crippen LogP contribution is -2.47. The first-order chi connectivity index (χ1) is 9.28. The molecule has 0 aromatic carbocycles. The van der Waals surface area contributed by atoms with Crippen LogP contribution >= 0.6 is 0 Å². The first-order valence-corrected chi connectivity index (χ1v) is 10.3. The van der Waals surface area contributed by atoms with Crippen LogP contribution in [0.2, 0.25) is 18.1 Å². The average Bonchev–Trinajstić information content (AvgIpc) is 2.22. The third kappa shape index (κ3) is 8.21. The number of carbonyl (C=O) groups excluding carboxylic acids is 2. The highest BCUT2D eigenvalue weighted by Gasteiger charge is 2.37. The highest BCUT2D eigenvalue weighted by Crippen LogP contribution is 2.36. The van der Waals surface area contributed by atoms with Gasteiger partial charge in [-0.1, -0.05) is 20.8 Å². The van der Waals surface area contributed by atoms with Gasteiger partial charge in [-0.25, -0.2) is 4.79 Å². The Balaban J connectivity index is 4.58. The van der Waals surface area contributed by atoms with Gasteiger partial charge in [-0.05, 0) is 38.9 Å². The molecule has 0 spiro atoms. The first-order valence-electron chi connectivity index (χ1n) is 7.35. The summed E-state index contributed by atoms with van der Waals surface area (Å²) in [6, 6.07) is -0.355. The molecule has 124 valence electrons. The lowest BCUT2D eigenvalue weighted by molar-refractivity contribution is -0.108. The van der Waals surface area contributed by atoms with Crippen LogP contribution in [0.15, 0.2) is 0 Å². The SMILES string of the molecule is CC(C)(C)OC(=O)N[C@H](CC=O)CO[Si](C)(C)C(C)(C)C. The van der Waals surface area contributed by atoms with Crippen LogP contribution in [-0.4, -0.2) is 38.9 Å². The predicted octanol–water partition coefficient (Wildman–Crippen LogP) is 3.49. The topological polar surface area (TPSA) is 64.6 Å². The molecule has 1 atom stereocenters. The molecule has 0 unspecified atom stereocenters. The molecule has 0 fully saturated rings. The van der Waals surface area contributed by atoms with Crippen molar-refractivity contribution >= 4 is 20.7 Å². The van der Waals surface area contributed by atoms with Crippen molar-refractivity contribution in [2.75, 3.05) is 6.61 Å². The van der Waals surface area contributed by atoms with Gasteiger partial charge in [0.15, 0.2) is 8.32 Å². The molecular formula is C15H31NO4Si. The number of aldehydes is 1. The number of amides is 1. The Hall–Kier alpha value is -0.883. The minimum atomic E-state index is -1.90. The van der Waals surface area contributed by atoms with Gasteiger partial charge in [-0.15, -0.1) is 0 Å². The van der Waals surface area contributed by atoms with Crippen LogP contribution in [-0.2, 0) is 14.0 Å². The molecule has 1 amide bonds. The van der Waals surface area contributed by atoms with Crippen LogP contribution in [0, 0.1) is 0 Å². The fourth-order valence-corrected chi connectivity index (χ4v) is 2.34. The molecular weight excluding hydrogens is 286 g/mol. The van der Waals surface area contributed by atoms with Gasteiger partial charge in [0.05, 0.1) is 12.6 Å². The molecule has 0 aromatic rings. The van der Waals surface area contributed by atoms with E-state index in [1.165, 1.54) is 0 Å². The highest BCUT2D eigenvalue weighted by atomic mass is 28.4. The molecule has 5 nitrogen and oxygen atoms in total. The second kappa shape index (κ2) is 7.40. The molecule has 0 saturated carbocycles. The van der Waals surface area contributed by atoms with E-state index in [4.69, 9.17) is 9.16 Å². The van der Waals surface area contributed by atoms with E-state index in [1.54, 1.807) is 20.8 Å². The quantitative estimate of drug-likeness (QED) is 0.601. The molecule has 0 aliphatic rings. The van der Waals surface area contributed by atoms with E-state index >= 15 is 0 Å². The Kier molecular flexibility index (Phi) is 7.09. The Morgan fingerprint density at radius 1 is 1.19 bits per heavy atom. The smallest absolute Gasteiger partial charge is 0.407 e. The van der Waals surface area contributed by atoms with E-state index in [2.05, 4.69) is 39.2 Å². The molecule has 0 radical (unpaired) electrons. The van der Waals surface area contributed by atoms with Crippen molar-refractivity contribution in [1.29, 1.82) is 0 Å². The van der Waals surface area contributed by atoms with Crippen LogP contribution < -0.4 is 5.32 Å². The Morgan fingerprint density at radius 3 is 2.10 bits per heavy atom. The van der Waals surface area contributed by atoms with Crippen molar-refractivity contribution in [2.45, 2.75) is 77.7 Å². The Labute approximate surface area is 129 Å². The monoisotopic (exact) mass is 317 g/mol. The summed E-state index contributed by atoms with van der Waals surface area (Å²) in [4.78, 5) is 22.5. The molecule has 0 bridgehead atoms. The summed E-state index contributed by atoms with van der Waals surface area (Å²) >= 11 is 0. The maximum atomic E-state index is 11.8. The predicted molar refractivity (Wildman–Crippen MR) is 87.0 cm³/mol. The molecule has 0 aliphatic heterocycles. The third-order valence-corrected chi connectivity index (χ3v) is 8.05. The van der Waals surface area contributed by atoms with Gasteiger partial charge in [0.2, 0.25) is 0 Å². The lowest BCUT2D eigenvalue weighted by Gasteiger charge is -2.37. The number of hydrogen-bond acceptors (Lipinski definition) is 4. The summed E-state index contributed by atoms with van der Waals surface area (Å²) < 4.78 is 11.3. The van der Waals surface area contributed by atoms with Gasteiger partial charge in [-0.2, -0.15) is 0 Å². The molecule has 21 heavy (non-hydrogen) atoms. The van der Waals surface area contributed by atoms with Crippen molar-refractivity contribution < 1.29 is 18.8 Å². The maximum absolute atomic E-state index is 11.8. The van der Waals surface area contributed by atoms with Crippen molar-refractivity contribution in [1.82, 2.24) is 5.32 Å². The normalized spacial score (nSPS) is 14.5. The Bertz CT molecular complexity index is 356. The van der Waals surface area contributed by atoms with Crippen LogP contribution in [0.1, 0.15) is 48.0 Å². The summed E-state index contributed by atoms with van der Waals surface area (Å²) in [5, 5.41) is 2.79. The molecule has 0 aliphatic carbocycles. The van der Waals surface area contributed by atoms with Gasteiger partial charge >= 0.3 is 6.09 Å². The van der Waals surface area contributed by atoms with Crippen molar-refractivity contribution in [3.8, 4) is 0 Å². The van der Waals surface area contributed by atoms with Crippen LogP contribution in [0.4, 0.5) is 4.79 Å². The van der Waals surface area contributed by atoms with E-state index < -0.39 is 20.0 Å². The largest absolute Gasteiger partial charge is 0.444 e. The maximum Gasteiger partial charge on any atom is 0.407 e. The van der Waals surface area contributed by atoms with Gasteiger partial charge in [0.25, 0.3) is 0 Å². The second-order valence-electron chi connectivity index (χ2n) is 7.82. The molecule has 0 heterocycles. The Morgan fingerprint density at radius 2 is 1.71 bits per heavy atom. The molecule has 6 heteroatoms. The molecule has 0 aromatic heterocycles. The van der Waals surface area contributed by atoms with Gasteiger partial charge in [-0.3, -0.25) is 0 Å². The molecule has 1 N–H and O–H groups in total. The summed E-state index contributed by atoms with van der Waals surface area (Å²) in [5.41, 5.74) is -0.559. The standard InChI is InChI=1S/C15H31NO4Si/c1-14(2,3)20-13(18)16-12(9-10-17)11-19-21(7,8)15(4,5)6/h10,12H,9,11H2,1-8H3,(H,16,18)/t12-/m1/s1. The summed E-state index contributed by atoms with van der Waals surface area (Å²) in [5.74, 6) is 0. The van der Waals surface area contributed by atoms with Crippen LogP contribution in [0.25, 0.3) is 0 Å². The van der Waals surface area contributed by atoms with E-state index in [1.807, 2.05) is 0 Å². The van der Waals surface area contributed by atoms with E-state index in [0.29, 0.717) is 6.61 Å².